The largest absolute Gasteiger partial charge is 0.481 e. The molecule has 0 aliphatic heterocycles. The standard InChI is InChI=1S/C9H11F3N2O2S/c1-6(4-9(10,11)12)14-3-2-13-8(14)17-5-7(15)16/h2-3,6H,4-5H2,1H3,(H,15,16). The van der Waals surface area contributed by atoms with Crippen LogP contribution < -0.4 is 0 Å². The second kappa shape index (κ2) is 5.44. The predicted octanol–water partition coefficient (Wildman–Crippen LogP) is 2.57. The maximum Gasteiger partial charge on any atom is 0.391 e. The van der Waals surface area contributed by atoms with E-state index in [2.05, 4.69) is 4.98 Å². The Hall–Kier alpha value is -1.18. The molecule has 17 heavy (non-hydrogen) atoms. The lowest BCUT2D eigenvalue weighted by Crippen LogP contribution is -2.17. The van der Waals surface area contributed by atoms with E-state index in [0.717, 1.165) is 11.8 Å². The molecule has 0 radical (unpaired) electrons. The Kier molecular flexibility index (Phi) is 4.44. The summed E-state index contributed by atoms with van der Waals surface area (Å²) in [5, 5.41) is 8.77. The van der Waals surface area contributed by atoms with Gasteiger partial charge in [-0.3, -0.25) is 4.79 Å². The summed E-state index contributed by atoms with van der Waals surface area (Å²) in [5.74, 6) is -1.26. The first-order valence-corrected chi connectivity index (χ1v) is 5.72. The highest BCUT2D eigenvalue weighted by molar-refractivity contribution is 7.99. The average Bonchev–Trinajstić information content (AvgIpc) is 2.59. The van der Waals surface area contributed by atoms with Crippen LogP contribution in [0.5, 0.6) is 0 Å². The van der Waals surface area contributed by atoms with E-state index in [0.29, 0.717) is 0 Å². The van der Waals surface area contributed by atoms with Crippen molar-refractivity contribution in [2.45, 2.75) is 30.7 Å². The third-order valence-corrected chi connectivity index (χ3v) is 2.93. The smallest absolute Gasteiger partial charge is 0.391 e. The van der Waals surface area contributed by atoms with Crippen molar-refractivity contribution in [3.05, 3.63) is 12.4 Å². The molecule has 1 aromatic heterocycles. The van der Waals surface area contributed by atoms with Crippen LogP contribution in [0.1, 0.15) is 19.4 Å². The number of carboxylic acid groups (broad SMARTS) is 1. The van der Waals surface area contributed by atoms with E-state index in [9.17, 15) is 18.0 Å². The number of alkyl halides is 3. The van der Waals surface area contributed by atoms with Crippen LogP contribution in [-0.2, 0) is 4.79 Å². The van der Waals surface area contributed by atoms with Gasteiger partial charge in [0, 0.05) is 18.4 Å². The highest BCUT2D eigenvalue weighted by Crippen LogP contribution is 2.30. The minimum absolute atomic E-state index is 0.226. The molecule has 1 rings (SSSR count). The first kappa shape index (κ1) is 13.9. The van der Waals surface area contributed by atoms with Crippen LogP contribution in [0.3, 0.4) is 0 Å². The van der Waals surface area contributed by atoms with Crippen LogP contribution in [0.25, 0.3) is 0 Å². The van der Waals surface area contributed by atoms with Gasteiger partial charge in [0.25, 0.3) is 0 Å². The van der Waals surface area contributed by atoms with Gasteiger partial charge >= 0.3 is 12.1 Å². The van der Waals surface area contributed by atoms with Gasteiger partial charge in [0.15, 0.2) is 5.16 Å². The number of aromatic nitrogens is 2. The summed E-state index contributed by atoms with van der Waals surface area (Å²) < 4.78 is 38.0. The maximum atomic E-state index is 12.2. The number of thioether (sulfide) groups is 1. The summed E-state index contributed by atoms with van der Waals surface area (Å²) in [6.45, 7) is 1.42. The Morgan fingerprint density at radius 2 is 2.29 bits per heavy atom. The molecule has 0 aromatic carbocycles. The molecule has 96 valence electrons. The van der Waals surface area contributed by atoms with Gasteiger partial charge < -0.3 is 9.67 Å². The van der Waals surface area contributed by atoms with Crippen molar-refractivity contribution < 1.29 is 23.1 Å². The van der Waals surface area contributed by atoms with E-state index in [-0.39, 0.29) is 10.9 Å². The number of hydrogen-bond donors (Lipinski definition) is 1. The van der Waals surface area contributed by atoms with Crippen molar-refractivity contribution in [1.29, 1.82) is 0 Å². The van der Waals surface area contributed by atoms with Gasteiger partial charge in [-0.1, -0.05) is 11.8 Å². The monoisotopic (exact) mass is 268 g/mol. The van der Waals surface area contributed by atoms with Crippen molar-refractivity contribution in [2.75, 3.05) is 5.75 Å². The predicted molar refractivity (Wildman–Crippen MR) is 56.0 cm³/mol. The Bertz CT molecular complexity index is 392. The van der Waals surface area contributed by atoms with E-state index in [1.165, 1.54) is 23.9 Å². The molecule has 0 aliphatic carbocycles. The van der Waals surface area contributed by atoms with E-state index in [1.807, 2.05) is 0 Å². The molecule has 0 bridgehead atoms. The summed E-state index contributed by atoms with van der Waals surface area (Å²) >= 11 is 0.901. The number of aliphatic carboxylic acids is 1. The fourth-order valence-corrected chi connectivity index (χ4v) is 2.08. The fourth-order valence-electron chi connectivity index (χ4n) is 1.31. The molecule has 8 heteroatoms. The Morgan fingerprint density at radius 1 is 1.65 bits per heavy atom. The van der Waals surface area contributed by atoms with Crippen LogP contribution in [0.15, 0.2) is 17.6 Å². The first-order chi connectivity index (χ1) is 7.79. The van der Waals surface area contributed by atoms with Gasteiger partial charge in [0.1, 0.15) is 0 Å². The lowest BCUT2D eigenvalue weighted by atomic mass is 10.2. The SMILES string of the molecule is CC(CC(F)(F)F)n1ccnc1SCC(=O)O. The minimum Gasteiger partial charge on any atom is -0.481 e. The Balaban J connectivity index is 2.70. The van der Waals surface area contributed by atoms with Gasteiger partial charge in [0.05, 0.1) is 12.2 Å². The molecule has 0 amide bonds. The average molecular weight is 268 g/mol. The molecule has 1 atom stereocenters. The van der Waals surface area contributed by atoms with Gasteiger partial charge in [-0.05, 0) is 6.92 Å². The molecular weight excluding hydrogens is 257 g/mol. The zero-order valence-electron chi connectivity index (χ0n) is 8.94. The number of hydrogen-bond acceptors (Lipinski definition) is 3. The van der Waals surface area contributed by atoms with Crippen LogP contribution in [0, 0.1) is 0 Å². The minimum atomic E-state index is -4.25. The molecule has 1 aromatic rings. The van der Waals surface area contributed by atoms with Gasteiger partial charge in [-0.15, -0.1) is 0 Å². The van der Waals surface area contributed by atoms with Gasteiger partial charge in [0.2, 0.25) is 0 Å². The first-order valence-electron chi connectivity index (χ1n) is 4.74. The van der Waals surface area contributed by atoms with Gasteiger partial charge in [-0.25, -0.2) is 4.98 Å². The summed E-state index contributed by atoms with van der Waals surface area (Å²) in [6.07, 6.45) is -2.44. The summed E-state index contributed by atoms with van der Waals surface area (Å²) in [4.78, 5) is 14.2. The molecule has 0 spiro atoms. The van der Waals surface area contributed by atoms with Crippen LogP contribution in [0.2, 0.25) is 0 Å². The zero-order chi connectivity index (χ0) is 13.1. The summed E-state index contributed by atoms with van der Waals surface area (Å²) in [5.41, 5.74) is 0. The molecule has 0 fully saturated rings. The van der Waals surface area contributed by atoms with Crippen molar-refractivity contribution in [2.24, 2.45) is 0 Å². The van der Waals surface area contributed by atoms with Crippen LogP contribution in [-0.4, -0.2) is 32.6 Å². The Labute approximate surface area is 99.8 Å². The summed E-state index contributed by atoms with van der Waals surface area (Å²) in [6, 6.07) is -0.797. The quantitative estimate of drug-likeness (QED) is 0.834. The molecule has 0 aliphatic rings. The Morgan fingerprint density at radius 3 is 2.82 bits per heavy atom. The van der Waals surface area contributed by atoms with Crippen molar-refractivity contribution in [3.63, 3.8) is 0 Å². The molecule has 4 nitrogen and oxygen atoms in total. The normalized spacial score (nSPS) is 13.6. The number of carboxylic acids is 1. The molecule has 1 unspecified atom stereocenters. The second-order valence-electron chi connectivity index (χ2n) is 3.47. The maximum absolute atomic E-state index is 12.2. The number of carbonyl (C=O) groups is 1. The third kappa shape index (κ3) is 4.68. The fraction of sp³-hybridized carbons (Fsp3) is 0.556. The summed E-state index contributed by atoms with van der Waals surface area (Å²) in [7, 11) is 0. The lowest BCUT2D eigenvalue weighted by Gasteiger charge is -2.17. The molecule has 0 saturated heterocycles. The van der Waals surface area contributed by atoms with E-state index in [1.54, 1.807) is 0 Å². The third-order valence-electron chi connectivity index (χ3n) is 1.96. The highest BCUT2D eigenvalue weighted by Gasteiger charge is 2.31. The topological polar surface area (TPSA) is 55.1 Å². The molecule has 1 heterocycles. The number of halogens is 3. The van der Waals surface area contributed by atoms with Crippen LogP contribution >= 0.6 is 11.8 Å². The van der Waals surface area contributed by atoms with Gasteiger partial charge in [-0.2, -0.15) is 13.2 Å². The van der Waals surface area contributed by atoms with E-state index >= 15 is 0 Å². The molecular formula is C9H11F3N2O2S. The molecule has 0 saturated carbocycles. The molecule has 1 N–H and O–H groups in total. The van der Waals surface area contributed by atoms with Crippen molar-refractivity contribution in [3.8, 4) is 0 Å². The number of rotatable bonds is 5. The van der Waals surface area contributed by atoms with E-state index in [4.69, 9.17) is 5.11 Å². The number of imidazole rings is 1. The van der Waals surface area contributed by atoms with Crippen molar-refractivity contribution >= 4 is 17.7 Å². The van der Waals surface area contributed by atoms with Crippen LogP contribution in [0.4, 0.5) is 13.2 Å². The lowest BCUT2D eigenvalue weighted by molar-refractivity contribution is -0.142. The van der Waals surface area contributed by atoms with E-state index < -0.39 is 24.6 Å². The van der Waals surface area contributed by atoms with Crippen molar-refractivity contribution in [1.82, 2.24) is 9.55 Å². The second-order valence-corrected chi connectivity index (χ2v) is 4.41. The number of nitrogens with zero attached hydrogens (tertiary/aromatic N) is 2. The highest BCUT2D eigenvalue weighted by atomic mass is 32.2. The zero-order valence-corrected chi connectivity index (χ0v) is 9.75.